The van der Waals surface area contributed by atoms with Crippen LogP contribution in [0.1, 0.15) is 17.0 Å². The Balaban J connectivity index is 1.83. The first-order chi connectivity index (χ1) is 12.6. The van der Waals surface area contributed by atoms with Crippen LogP contribution in [0.4, 0.5) is 0 Å². The quantitative estimate of drug-likeness (QED) is 0.377. The molecule has 2 heterocycles. The van der Waals surface area contributed by atoms with E-state index in [1.807, 2.05) is 36.4 Å². The van der Waals surface area contributed by atoms with Crippen molar-refractivity contribution in [2.45, 2.75) is 13.0 Å². The third kappa shape index (κ3) is 3.63. The highest BCUT2D eigenvalue weighted by Gasteiger charge is 2.14. The fraction of sp³-hybridized carbons (Fsp3) is 0.100. The molecule has 6 heteroatoms. The summed E-state index contributed by atoms with van der Waals surface area (Å²) in [6, 6.07) is 15.6. The van der Waals surface area contributed by atoms with Crippen molar-refractivity contribution in [3.63, 3.8) is 0 Å². The average Bonchev–Trinajstić information content (AvgIpc) is 2.96. The fourth-order valence-corrected chi connectivity index (χ4v) is 3.70. The lowest BCUT2D eigenvalue weighted by atomic mass is 10.2. The van der Waals surface area contributed by atoms with E-state index in [-0.39, 0.29) is 0 Å². The second-order valence-corrected chi connectivity index (χ2v) is 7.77. The van der Waals surface area contributed by atoms with Crippen LogP contribution in [-0.2, 0) is 13.0 Å². The van der Waals surface area contributed by atoms with Crippen molar-refractivity contribution in [1.29, 1.82) is 0 Å². The van der Waals surface area contributed by atoms with Gasteiger partial charge in [0.05, 0.1) is 17.6 Å². The molecule has 0 unspecified atom stereocenters. The average molecular weight is 447 g/mol. The summed E-state index contributed by atoms with van der Waals surface area (Å²) in [5.41, 5.74) is 4.14. The van der Waals surface area contributed by atoms with E-state index in [4.69, 9.17) is 28.2 Å². The Hall–Kier alpha value is -1.88. The maximum Gasteiger partial charge on any atom is 0.114 e. The SMILES string of the molecule is Clc1ccc(Cl)c(Cn2c(Cc3ccncc3)nc3ccc(Br)cc32)c1. The van der Waals surface area contributed by atoms with Crippen molar-refractivity contribution in [3.8, 4) is 0 Å². The predicted octanol–water partition coefficient (Wildman–Crippen LogP) is 6.14. The van der Waals surface area contributed by atoms with Gasteiger partial charge in [0.15, 0.2) is 0 Å². The molecule has 0 bridgehead atoms. The molecule has 2 aromatic carbocycles. The highest BCUT2D eigenvalue weighted by Crippen LogP contribution is 2.27. The minimum atomic E-state index is 0.604. The van der Waals surface area contributed by atoms with Gasteiger partial charge in [0.1, 0.15) is 5.82 Å². The molecular weight excluding hydrogens is 433 g/mol. The smallest absolute Gasteiger partial charge is 0.114 e. The number of imidazole rings is 1. The Kier molecular flexibility index (Phi) is 4.98. The Morgan fingerprint density at radius 1 is 0.962 bits per heavy atom. The van der Waals surface area contributed by atoms with E-state index in [1.165, 1.54) is 0 Å². The molecule has 0 saturated heterocycles. The largest absolute Gasteiger partial charge is 0.323 e. The van der Waals surface area contributed by atoms with Crippen LogP contribution in [0.15, 0.2) is 65.4 Å². The van der Waals surface area contributed by atoms with Gasteiger partial charge >= 0.3 is 0 Å². The number of hydrogen-bond donors (Lipinski definition) is 0. The summed E-state index contributed by atoms with van der Waals surface area (Å²) in [5, 5.41) is 1.37. The van der Waals surface area contributed by atoms with Crippen molar-refractivity contribution >= 4 is 50.2 Å². The molecule has 0 amide bonds. The second-order valence-electron chi connectivity index (χ2n) is 6.02. The monoisotopic (exact) mass is 445 g/mol. The Labute approximate surface area is 169 Å². The summed E-state index contributed by atoms with van der Waals surface area (Å²) in [5.74, 6) is 0.973. The minimum Gasteiger partial charge on any atom is -0.323 e. The third-order valence-corrected chi connectivity index (χ3v) is 5.33. The van der Waals surface area contributed by atoms with Crippen LogP contribution in [0.3, 0.4) is 0 Å². The van der Waals surface area contributed by atoms with Crippen LogP contribution >= 0.6 is 39.1 Å². The first-order valence-corrected chi connectivity index (χ1v) is 9.62. The summed E-state index contributed by atoms with van der Waals surface area (Å²) < 4.78 is 3.21. The van der Waals surface area contributed by atoms with Crippen molar-refractivity contribution < 1.29 is 0 Å². The second kappa shape index (κ2) is 7.39. The van der Waals surface area contributed by atoms with Crippen LogP contribution < -0.4 is 0 Å². The van der Waals surface area contributed by atoms with Gasteiger partial charge in [-0.2, -0.15) is 0 Å². The summed E-state index contributed by atoms with van der Waals surface area (Å²) in [7, 11) is 0. The van der Waals surface area contributed by atoms with Gasteiger partial charge in [-0.05, 0) is 59.7 Å². The molecule has 0 aliphatic carbocycles. The number of halogens is 3. The number of rotatable bonds is 4. The van der Waals surface area contributed by atoms with Crippen molar-refractivity contribution in [2.75, 3.05) is 0 Å². The topological polar surface area (TPSA) is 30.7 Å². The molecule has 0 fully saturated rings. The molecule has 0 spiro atoms. The van der Waals surface area contributed by atoms with Crippen LogP contribution in [-0.4, -0.2) is 14.5 Å². The third-order valence-electron chi connectivity index (χ3n) is 4.24. The Morgan fingerprint density at radius 3 is 2.58 bits per heavy atom. The molecule has 3 nitrogen and oxygen atoms in total. The van der Waals surface area contributed by atoms with Gasteiger partial charge in [-0.1, -0.05) is 39.1 Å². The number of fused-ring (bicyclic) bond motifs is 1. The van der Waals surface area contributed by atoms with Crippen molar-refractivity contribution in [2.24, 2.45) is 0 Å². The summed E-state index contributed by atoms with van der Waals surface area (Å²) in [4.78, 5) is 8.93. The van der Waals surface area contributed by atoms with Gasteiger partial charge in [0.2, 0.25) is 0 Å². The van der Waals surface area contributed by atoms with Crippen LogP contribution in [0, 0.1) is 0 Å². The van der Waals surface area contributed by atoms with Gasteiger partial charge in [0, 0.05) is 33.3 Å². The molecule has 130 valence electrons. The van der Waals surface area contributed by atoms with E-state index in [0.29, 0.717) is 23.0 Å². The standard InChI is InChI=1S/C20H14BrCl2N3/c21-15-1-4-18-19(11-15)26(12-14-10-16(22)2-3-17(14)23)20(25-18)9-13-5-7-24-8-6-13/h1-8,10-11H,9,12H2. The lowest BCUT2D eigenvalue weighted by Gasteiger charge is -2.11. The molecule has 0 N–H and O–H groups in total. The minimum absolute atomic E-state index is 0.604. The molecule has 4 aromatic rings. The molecule has 0 aliphatic heterocycles. The van der Waals surface area contributed by atoms with Gasteiger partial charge in [-0.25, -0.2) is 4.98 Å². The first-order valence-electron chi connectivity index (χ1n) is 8.07. The van der Waals surface area contributed by atoms with Gasteiger partial charge in [0.25, 0.3) is 0 Å². The number of aromatic nitrogens is 3. The van der Waals surface area contributed by atoms with E-state index in [0.717, 1.165) is 32.5 Å². The Morgan fingerprint density at radius 2 is 1.77 bits per heavy atom. The molecule has 2 aromatic heterocycles. The van der Waals surface area contributed by atoms with Gasteiger partial charge < -0.3 is 4.57 Å². The zero-order valence-corrected chi connectivity index (χ0v) is 16.8. The zero-order chi connectivity index (χ0) is 18.1. The number of nitrogens with zero attached hydrogens (tertiary/aromatic N) is 3. The lowest BCUT2D eigenvalue weighted by molar-refractivity contribution is 0.762. The highest BCUT2D eigenvalue weighted by atomic mass is 79.9. The first kappa shape index (κ1) is 17.5. The number of hydrogen-bond acceptors (Lipinski definition) is 2. The molecular formula is C20H14BrCl2N3. The van der Waals surface area contributed by atoms with E-state index < -0.39 is 0 Å². The van der Waals surface area contributed by atoms with Crippen LogP contribution in [0.25, 0.3) is 11.0 Å². The van der Waals surface area contributed by atoms with E-state index in [1.54, 1.807) is 18.5 Å². The van der Waals surface area contributed by atoms with Crippen molar-refractivity contribution in [3.05, 3.63) is 92.4 Å². The fourth-order valence-electron chi connectivity index (χ4n) is 2.98. The normalized spacial score (nSPS) is 11.2. The molecule has 26 heavy (non-hydrogen) atoms. The van der Waals surface area contributed by atoms with Crippen LogP contribution in [0.5, 0.6) is 0 Å². The van der Waals surface area contributed by atoms with E-state index >= 15 is 0 Å². The molecule has 0 atom stereocenters. The van der Waals surface area contributed by atoms with Crippen molar-refractivity contribution in [1.82, 2.24) is 14.5 Å². The predicted molar refractivity (Wildman–Crippen MR) is 110 cm³/mol. The van der Waals surface area contributed by atoms with Crippen LogP contribution in [0.2, 0.25) is 10.0 Å². The summed E-state index contributed by atoms with van der Waals surface area (Å²) in [6.45, 7) is 0.604. The molecule has 0 radical (unpaired) electrons. The van der Waals surface area contributed by atoms with E-state index in [2.05, 4.69) is 31.5 Å². The molecule has 0 saturated carbocycles. The molecule has 4 rings (SSSR count). The van der Waals surface area contributed by atoms with Gasteiger partial charge in [-0.15, -0.1) is 0 Å². The van der Waals surface area contributed by atoms with E-state index in [9.17, 15) is 0 Å². The number of pyridine rings is 1. The maximum absolute atomic E-state index is 6.40. The number of benzene rings is 2. The highest BCUT2D eigenvalue weighted by molar-refractivity contribution is 9.10. The lowest BCUT2D eigenvalue weighted by Crippen LogP contribution is -2.06. The summed E-state index contributed by atoms with van der Waals surface area (Å²) >= 11 is 16.1. The maximum atomic E-state index is 6.40. The molecule has 0 aliphatic rings. The van der Waals surface area contributed by atoms with Gasteiger partial charge in [-0.3, -0.25) is 4.98 Å². The summed E-state index contributed by atoms with van der Waals surface area (Å²) in [6.07, 6.45) is 4.31. The Bertz CT molecular complexity index is 1080. The zero-order valence-electron chi connectivity index (χ0n) is 13.7.